The van der Waals surface area contributed by atoms with Gasteiger partial charge in [-0.3, -0.25) is 4.79 Å². The van der Waals surface area contributed by atoms with Crippen LogP contribution in [0.25, 0.3) is 10.9 Å². The van der Waals surface area contributed by atoms with E-state index in [9.17, 15) is 14.7 Å². The third-order valence-corrected chi connectivity index (χ3v) is 5.69. The molecule has 3 rings (SSSR count). The number of aliphatic hydroxyl groups excluding tert-OH is 1. The molecule has 1 aromatic heterocycles. The van der Waals surface area contributed by atoms with Gasteiger partial charge in [-0.2, -0.15) is 0 Å². The summed E-state index contributed by atoms with van der Waals surface area (Å²) in [6.45, 7) is 4.65. The van der Waals surface area contributed by atoms with Crippen LogP contribution in [0.15, 0.2) is 47.3 Å². The number of hydrogen-bond donors (Lipinski definition) is 3. The van der Waals surface area contributed by atoms with Crippen molar-refractivity contribution in [1.29, 1.82) is 0 Å². The lowest BCUT2D eigenvalue weighted by molar-refractivity contribution is 0.0602. The molecule has 7 nitrogen and oxygen atoms in total. The monoisotopic (exact) mass is 453 g/mol. The molecule has 3 N–H and O–H groups in total. The van der Waals surface area contributed by atoms with E-state index in [-0.39, 0.29) is 18.7 Å². The summed E-state index contributed by atoms with van der Waals surface area (Å²) in [6.07, 6.45) is 0.476. The van der Waals surface area contributed by atoms with Gasteiger partial charge in [0.1, 0.15) is 0 Å². The van der Waals surface area contributed by atoms with E-state index in [0.29, 0.717) is 34.9 Å². The fourth-order valence-electron chi connectivity index (χ4n) is 3.53. The number of carbonyl (C=O) groups excluding carboxylic acids is 1. The number of ether oxygens (including phenoxy) is 1. The number of methoxy groups -OCH3 is 1. The number of nitrogens with one attached hydrogen (secondary N) is 2. The van der Waals surface area contributed by atoms with E-state index < -0.39 is 5.97 Å². The van der Waals surface area contributed by atoms with Gasteiger partial charge in [0.25, 0.3) is 5.56 Å². The Labute approximate surface area is 192 Å². The number of nitrogens with zero attached hydrogens (tertiary/aromatic N) is 1. The minimum absolute atomic E-state index is 0.00968. The van der Waals surface area contributed by atoms with Crippen molar-refractivity contribution in [2.24, 2.45) is 0 Å². The van der Waals surface area contributed by atoms with Crippen LogP contribution in [0.5, 0.6) is 0 Å². The highest BCUT2D eigenvalue weighted by Gasteiger charge is 2.17. The SMILES string of the molecule is COC(=O)c1ccccc1NC(=S)N(CCCO)Cc1cc2c(C)ccc(C)c2[nH]c1=O. The normalized spacial score (nSPS) is 10.8. The number of esters is 1. The Bertz CT molecular complexity index is 1210. The Morgan fingerprint density at radius 1 is 1.19 bits per heavy atom. The minimum atomic E-state index is -0.477. The van der Waals surface area contributed by atoms with Crippen molar-refractivity contribution in [1.82, 2.24) is 9.88 Å². The van der Waals surface area contributed by atoms with Gasteiger partial charge in [-0.05, 0) is 61.8 Å². The van der Waals surface area contributed by atoms with E-state index in [4.69, 9.17) is 17.0 Å². The molecule has 0 bridgehead atoms. The first kappa shape index (κ1) is 23.4. The Kier molecular flexibility index (Phi) is 7.61. The Morgan fingerprint density at radius 2 is 1.91 bits per heavy atom. The zero-order valence-electron chi connectivity index (χ0n) is 18.4. The molecular weight excluding hydrogens is 426 g/mol. The van der Waals surface area contributed by atoms with Gasteiger partial charge < -0.3 is 25.0 Å². The maximum Gasteiger partial charge on any atom is 0.339 e. The van der Waals surface area contributed by atoms with Gasteiger partial charge in [-0.1, -0.05) is 24.3 Å². The van der Waals surface area contributed by atoms with E-state index in [1.54, 1.807) is 29.2 Å². The van der Waals surface area contributed by atoms with Gasteiger partial charge in [0, 0.05) is 24.1 Å². The molecule has 0 fully saturated rings. The number of H-pyrrole nitrogens is 1. The molecule has 0 unspecified atom stereocenters. The third-order valence-electron chi connectivity index (χ3n) is 5.33. The highest BCUT2D eigenvalue weighted by Crippen LogP contribution is 2.21. The number of para-hydroxylation sites is 1. The molecule has 0 aliphatic rings. The van der Waals surface area contributed by atoms with E-state index >= 15 is 0 Å². The molecule has 0 saturated heterocycles. The average molecular weight is 454 g/mol. The number of aromatic amines is 1. The van der Waals surface area contributed by atoms with Crippen LogP contribution in [-0.2, 0) is 11.3 Å². The fraction of sp³-hybridized carbons (Fsp3) is 0.292. The van der Waals surface area contributed by atoms with Crippen molar-refractivity contribution < 1.29 is 14.6 Å². The lowest BCUT2D eigenvalue weighted by Gasteiger charge is -2.26. The number of hydrogen-bond acceptors (Lipinski definition) is 5. The van der Waals surface area contributed by atoms with Crippen LogP contribution in [0.3, 0.4) is 0 Å². The van der Waals surface area contributed by atoms with Crippen LogP contribution in [-0.4, -0.2) is 46.3 Å². The number of pyridine rings is 1. The third kappa shape index (κ3) is 5.15. The van der Waals surface area contributed by atoms with Crippen molar-refractivity contribution in [3.63, 3.8) is 0 Å². The van der Waals surface area contributed by atoms with Gasteiger partial charge in [0.05, 0.1) is 30.4 Å². The van der Waals surface area contributed by atoms with E-state index in [1.165, 1.54) is 7.11 Å². The summed E-state index contributed by atoms with van der Waals surface area (Å²) in [5.74, 6) is -0.477. The average Bonchev–Trinajstić information content (AvgIpc) is 2.79. The van der Waals surface area contributed by atoms with Crippen LogP contribution < -0.4 is 10.9 Å². The Hall–Kier alpha value is -3.23. The molecule has 0 spiro atoms. The topological polar surface area (TPSA) is 94.7 Å². The van der Waals surface area contributed by atoms with E-state index in [0.717, 1.165) is 22.0 Å². The summed E-state index contributed by atoms with van der Waals surface area (Å²) in [5, 5.41) is 13.8. The summed E-state index contributed by atoms with van der Waals surface area (Å²) in [4.78, 5) is 29.7. The molecule has 0 atom stereocenters. The first-order valence-corrected chi connectivity index (χ1v) is 10.7. The molecule has 32 heavy (non-hydrogen) atoms. The number of aliphatic hydroxyl groups is 1. The molecule has 2 aromatic carbocycles. The first-order valence-electron chi connectivity index (χ1n) is 10.3. The van der Waals surface area contributed by atoms with Gasteiger partial charge in [0.15, 0.2) is 5.11 Å². The number of rotatable bonds is 7. The summed E-state index contributed by atoms with van der Waals surface area (Å²) in [7, 11) is 1.32. The van der Waals surface area contributed by atoms with Crippen molar-refractivity contribution in [2.45, 2.75) is 26.8 Å². The maximum atomic E-state index is 12.8. The number of thiocarbonyl (C=S) groups is 1. The Balaban J connectivity index is 1.92. The molecule has 0 aliphatic heterocycles. The van der Waals surface area contributed by atoms with Crippen LogP contribution in [0.1, 0.15) is 33.5 Å². The largest absolute Gasteiger partial charge is 0.465 e. The van der Waals surface area contributed by atoms with Crippen LogP contribution in [0, 0.1) is 13.8 Å². The van der Waals surface area contributed by atoms with E-state index in [1.807, 2.05) is 32.0 Å². The highest BCUT2D eigenvalue weighted by atomic mass is 32.1. The zero-order valence-corrected chi connectivity index (χ0v) is 19.2. The molecule has 0 radical (unpaired) electrons. The smallest absolute Gasteiger partial charge is 0.339 e. The van der Waals surface area contributed by atoms with Crippen molar-refractivity contribution in [2.75, 3.05) is 25.6 Å². The van der Waals surface area contributed by atoms with Crippen LogP contribution >= 0.6 is 12.2 Å². The molecular formula is C24H27N3O4S. The predicted octanol–water partition coefficient (Wildman–Crippen LogP) is 3.51. The highest BCUT2D eigenvalue weighted by molar-refractivity contribution is 7.80. The number of aromatic nitrogens is 1. The van der Waals surface area contributed by atoms with Crippen molar-refractivity contribution >= 4 is 39.9 Å². The van der Waals surface area contributed by atoms with Crippen molar-refractivity contribution in [3.8, 4) is 0 Å². The summed E-state index contributed by atoms with van der Waals surface area (Å²) >= 11 is 5.61. The molecule has 8 heteroatoms. The lowest BCUT2D eigenvalue weighted by atomic mass is 10.0. The van der Waals surface area contributed by atoms with Crippen LogP contribution in [0.4, 0.5) is 5.69 Å². The second-order valence-electron chi connectivity index (χ2n) is 7.58. The number of benzene rings is 2. The Morgan fingerprint density at radius 3 is 2.62 bits per heavy atom. The quantitative estimate of drug-likeness (QED) is 0.372. The van der Waals surface area contributed by atoms with Gasteiger partial charge in [0.2, 0.25) is 0 Å². The van der Waals surface area contributed by atoms with Gasteiger partial charge in [-0.15, -0.1) is 0 Å². The molecule has 1 heterocycles. The van der Waals surface area contributed by atoms with E-state index in [2.05, 4.69) is 10.3 Å². The molecule has 168 valence electrons. The molecule has 3 aromatic rings. The molecule has 0 aliphatic carbocycles. The summed E-state index contributed by atoms with van der Waals surface area (Å²) in [6, 6.07) is 12.8. The van der Waals surface area contributed by atoms with Gasteiger partial charge >= 0.3 is 5.97 Å². The summed E-state index contributed by atoms with van der Waals surface area (Å²) < 4.78 is 4.84. The maximum absolute atomic E-state index is 12.8. The van der Waals surface area contributed by atoms with Gasteiger partial charge in [-0.25, -0.2) is 4.79 Å². The zero-order chi connectivity index (χ0) is 23.3. The second-order valence-corrected chi connectivity index (χ2v) is 7.96. The lowest BCUT2D eigenvalue weighted by Crippen LogP contribution is -2.37. The number of aryl methyl sites for hydroxylation is 2. The number of fused-ring (bicyclic) bond motifs is 1. The second kappa shape index (κ2) is 10.4. The number of anilines is 1. The number of carbonyl (C=O) groups is 1. The van der Waals surface area contributed by atoms with Crippen molar-refractivity contribution in [3.05, 3.63) is 75.1 Å². The van der Waals surface area contributed by atoms with Crippen LogP contribution in [0.2, 0.25) is 0 Å². The molecule has 0 amide bonds. The predicted molar refractivity (Wildman–Crippen MR) is 130 cm³/mol. The summed E-state index contributed by atoms with van der Waals surface area (Å²) in [5.41, 5.74) is 4.15. The molecule has 0 saturated carbocycles. The fourth-order valence-corrected chi connectivity index (χ4v) is 3.80. The minimum Gasteiger partial charge on any atom is -0.465 e. The first-order chi connectivity index (χ1) is 15.3. The standard InChI is InChI=1S/C24H27N3O4S/c1-15-9-10-16(2)21-19(15)13-17(22(29)26-21)14-27(11-6-12-28)24(32)25-20-8-5-4-7-18(20)23(30)31-3/h4-5,7-10,13,28H,6,11-12,14H2,1-3H3,(H,25,32)(H,26,29).